The minimum Gasteiger partial charge on any atom is -0.269 e. The van der Waals surface area contributed by atoms with Crippen LogP contribution in [-0.2, 0) is 0 Å². The molecule has 0 aromatic heterocycles. The van der Waals surface area contributed by atoms with Crippen LogP contribution in [0, 0.1) is 5.92 Å². The minimum absolute atomic E-state index is 0.259. The molecular formula is C13H22N2. The SMILES string of the molecule is C=C(/C=C\[C@@H](C)N(C)N)[C@@H]1C=CCCC1. The summed E-state index contributed by atoms with van der Waals surface area (Å²) in [5.41, 5.74) is 1.19. The molecule has 0 heterocycles. The fraction of sp³-hybridized carbons (Fsp3) is 0.538. The second kappa shape index (κ2) is 5.89. The molecule has 0 amide bonds. The van der Waals surface area contributed by atoms with Gasteiger partial charge in [-0.15, -0.1) is 0 Å². The highest BCUT2D eigenvalue weighted by molar-refractivity contribution is 5.24. The summed E-state index contributed by atoms with van der Waals surface area (Å²) in [6.07, 6.45) is 12.5. The first-order valence-electron chi connectivity index (χ1n) is 5.62. The zero-order valence-corrected chi connectivity index (χ0v) is 9.82. The Bertz CT molecular complexity index is 264. The van der Waals surface area contributed by atoms with Gasteiger partial charge in [0.05, 0.1) is 0 Å². The zero-order valence-electron chi connectivity index (χ0n) is 9.82. The molecule has 15 heavy (non-hydrogen) atoms. The lowest BCUT2D eigenvalue weighted by Gasteiger charge is -2.18. The van der Waals surface area contributed by atoms with Crippen LogP contribution in [0.1, 0.15) is 26.2 Å². The molecular weight excluding hydrogens is 184 g/mol. The number of nitrogens with two attached hydrogens (primary N) is 1. The van der Waals surface area contributed by atoms with Gasteiger partial charge in [-0.3, -0.25) is 5.84 Å². The van der Waals surface area contributed by atoms with Crippen LogP contribution in [0.15, 0.2) is 36.5 Å². The predicted molar refractivity (Wildman–Crippen MR) is 66.2 cm³/mol. The Labute approximate surface area is 93.1 Å². The van der Waals surface area contributed by atoms with Gasteiger partial charge < -0.3 is 0 Å². The average molecular weight is 206 g/mol. The number of hydrogen-bond acceptors (Lipinski definition) is 2. The number of nitrogens with zero attached hydrogens (tertiary/aromatic N) is 1. The lowest BCUT2D eigenvalue weighted by molar-refractivity contribution is 0.309. The lowest BCUT2D eigenvalue weighted by Crippen LogP contribution is -2.33. The molecule has 0 aromatic carbocycles. The summed E-state index contributed by atoms with van der Waals surface area (Å²) in [6.45, 7) is 6.18. The Hall–Kier alpha value is -0.860. The van der Waals surface area contributed by atoms with Gasteiger partial charge in [0.1, 0.15) is 0 Å². The van der Waals surface area contributed by atoms with E-state index in [9.17, 15) is 0 Å². The van der Waals surface area contributed by atoms with Gasteiger partial charge in [-0.25, -0.2) is 5.01 Å². The Kier molecular flexibility index (Phi) is 4.79. The van der Waals surface area contributed by atoms with Crippen molar-refractivity contribution in [3.8, 4) is 0 Å². The van der Waals surface area contributed by atoms with E-state index in [1.165, 1.54) is 24.8 Å². The van der Waals surface area contributed by atoms with Crippen molar-refractivity contribution < 1.29 is 0 Å². The summed E-state index contributed by atoms with van der Waals surface area (Å²) < 4.78 is 0. The fourth-order valence-corrected chi connectivity index (χ4v) is 1.64. The Morgan fingerprint density at radius 2 is 2.40 bits per heavy atom. The number of allylic oxidation sites excluding steroid dienone is 4. The second-order valence-electron chi connectivity index (χ2n) is 4.31. The molecule has 0 aromatic rings. The maximum absolute atomic E-state index is 5.64. The van der Waals surface area contributed by atoms with Gasteiger partial charge >= 0.3 is 0 Å². The fourth-order valence-electron chi connectivity index (χ4n) is 1.64. The Balaban J connectivity index is 2.47. The van der Waals surface area contributed by atoms with Gasteiger partial charge in [-0.05, 0) is 31.8 Å². The van der Waals surface area contributed by atoms with E-state index < -0.39 is 0 Å². The van der Waals surface area contributed by atoms with Crippen LogP contribution in [0.5, 0.6) is 0 Å². The topological polar surface area (TPSA) is 29.3 Å². The van der Waals surface area contributed by atoms with E-state index in [1.54, 1.807) is 5.01 Å². The van der Waals surface area contributed by atoms with Gasteiger partial charge in [0.2, 0.25) is 0 Å². The normalized spacial score (nSPS) is 23.6. The summed E-state index contributed by atoms with van der Waals surface area (Å²) in [7, 11) is 1.87. The number of rotatable bonds is 4. The summed E-state index contributed by atoms with van der Waals surface area (Å²) in [6, 6.07) is 0.259. The van der Waals surface area contributed by atoms with E-state index in [0.717, 1.165) is 0 Å². The largest absolute Gasteiger partial charge is 0.269 e. The molecule has 84 valence electrons. The molecule has 0 saturated carbocycles. The molecule has 0 saturated heterocycles. The van der Waals surface area contributed by atoms with E-state index in [4.69, 9.17) is 5.84 Å². The van der Waals surface area contributed by atoms with E-state index in [1.807, 2.05) is 7.05 Å². The first kappa shape index (κ1) is 12.2. The Morgan fingerprint density at radius 3 is 2.93 bits per heavy atom. The van der Waals surface area contributed by atoms with Crippen LogP contribution in [0.4, 0.5) is 0 Å². The van der Waals surface area contributed by atoms with Crippen LogP contribution in [0.2, 0.25) is 0 Å². The van der Waals surface area contributed by atoms with Gasteiger partial charge in [0.15, 0.2) is 0 Å². The van der Waals surface area contributed by atoms with Crippen molar-refractivity contribution in [2.24, 2.45) is 11.8 Å². The molecule has 0 aliphatic heterocycles. The smallest absolute Gasteiger partial charge is 0.0392 e. The molecule has 1 rings (SSSR count). The quantitative estimate of drug-likeness (QED) is 0.331. The molecule has 0 fully saturated rings. The molecule has 0 radical (unpaired) electrons. The van der Waals surface area contributed by atoms with Crippen molar-refractivity contribution in [1.82, 2.24) is 5.01 Å². The lowest BCUT2D eigenvalue weighted by atomic mass is 9.89. The van der Waals surface area contributed by atoms with Crippen molar-refractivity contribution >= 4 is 0 Å². The first-order valence-corrected chi connectivity index (χ1v) is 5.62. The van der Waals surface area contributed by atoms with Crippen molar-refractivity contribution in [2.45, 2.75) is 32.2 Å². The second-order valence-corrected chi connectivity index (χ2v) is 4.31. The predicted octanol–water partition coefficient (Wildman–Crippen LogP) is 2.65. The van der Waals surface area contributed by atoms with Crippen LogP contribution in [0.3, 0.4) is 0 Å². The van der Waals surface area contributed by atoms with E-state index in [0.29, 0.717) is 5.92 Å². The van der Waals surface area contributed by atoms with Crippen molar-refractivity contribution in [3.63, 3.8) is 0 Å². The van der Waals surface area contributed by atoms with Gasteiger partial charge in [0, 0.05) is 19.0 Å². The highest BCUT2D eigenvalue weighted by Crippen LogP contribution is 2.24. The summed E-state index contributed by atoms with van der Waals surface area (Å²) in [4.78, 5) is 0. The molecule has 2 N–H and O–H groups in total. The number of hydrazine groups is 1. The van der Waals surface area contributed by atoms with Gasteiger partial charge in [-0.1, -0.05) is 30.9 Å². The number of hydrogen-bond donors (Lipinski definition) is 1. The maximum atomic E-state index is 5.64. The monoisotopic (exact) mass is 206 g/mol. The molecule has 0 bridgehead atoms. The van der Waals surface area contributed by atoms with E-state index in [-0.39, 0.29) is 6.04 Å². The number of likely N-dealkylation sites (N-methyl/N-ethyl adjacent to an activating group) is 1. The van der Waals surface area contributed by atoms with Crippen LogP contribution in [-0.4, -0.2) is 18.1 Å². The van der Waals surface area contributed by atoms with Gasteiger partial charge in [-0.2, -0.15) is 0 Å². The van der Waals surface area contributed by atoms with Crippen LogP contribution >= 0.6 is 0 Å². The highest BCUT2D eigenvalue weighted by Gasteiger charge is 2.10. The maximum Gasteiger partial charge on any atom is 0.0392 e. The summed E-state index contributed by atoms with van der Waals surface area (Å²) in [5, 5.41) is 1.69. The molecule has 1 aliphatic carbocycles. The van der Waals surface area contributed by atoms with Crippen molar-refractivity contribution in [1.29, 1.82) is 0 Å². The van der Waals surface area contributed by atoms with Crippen molar-refractivity contribution in [3.05, 3.63) is 36.5 Å². The van der Waals surface area contributed by atoms with Crippen LogP contribution in [0.25, 0.3) is 0 Å². The highest BCUT2D eigenvalue weighted by atomic mass is 15.4. The average Bonchev–Trinajstić information content (AvgIpc) is 2.26. The minimum atomic E-state index is 0.259. The van der Waals surface area contributed by atoms with Gasteiger partial charge in [0.25, 0.3) is 0 Å². The molecule has 0 spiro atoms. The molecule has 0 unspecified atom stereocenters. The van der Waals surface area contributed by atoms with E-state index in [2.05, 4.69) is 37.8 Å². The van der Waals surface area contributed by atoms with Crippen molar-refractivity contribution in [2.75, 3.05) is 7.05 Å². The third-order valence-electron chi connectivity index (χ3n) is 2.96. The van der Waals surface area contributed by atoms with E-state index >= 15 is 0 Å². The Morgan fingerprint density at radius 1 is 1.67 bits per heavy atom. The zero-order chi connectivity index (χ0) is 11.3. The standard InChI is InChI=1S/C13H22N2/c1-11(9-10-12(2)15(3)14)13-7-5-4-6-8-13/h5,7,9-10,12-13H,1,4,6,8,14H2,2-3H3/b10-9-/t12-,13-/m1/s1. The first-order chi connectivity index (χ1) is 7.11. The molecule has 1 aliphatic rings. The van der Waals surface area contributed by atoms with Crippen LogP contribution < -0.4 is 5.84 Å². The summed E-state index contributed by atoms with van der Waals surface area (Å²) in [5.74, 6) is 6.17. The molecule has 2 atom stereocenters. The third-order valence-corrected chi connectivity index (χ3v) is 2.96. The molecule has 2 heteroatoms. The third kappa shape index (κ3) is 4.02. The summed E-state index contributed by atoms with van der Waals surface area (Å²) >= 11 is 0. The molecule has 2 nitrogen and oxygen atoms in total.